The lowest BCUT2D eigenvalue weighted by atomic mass is 10.1. The molecule has 0 aromatic heterocycles. The van der Waals surface area contributed by atoms with E-state index >= 15 is 0 Å². The van der Waals surface area contributed by atoms with E-state index in [1.807, 2.05) is 0 Å². The van der Waals surface area contributed by atoms with Gasteiger partial charge in [0.25, 0.3) is 0 Å². The van der Waals surface area contributed by atoms with Gasteiger partial charge in [-0.05, 0) is 65.7 Å². The molecule has 1 aromatic rings. The maximum Gasteiger partial charge on any atom is 0.514 e. The van der Waals surface area contributed by atoms with Gasteiger partial charge in [-0.25, -0.2) is 9.59 Å². The van der Waals surface area contributed by atoms with Crippen molar-refractivity contribution in [1.82, 2.24) is 0 Å². The summed E-state index contributed by atoms with van der Waals surface area (Å²) in [5, 5.41) is 0. The largest absolute Gasteiger partial charge is 0.514 e. The van der Waals surface area contributed by atoms with Crippen molar-refractivity contribution in [2.75, 3.05) is 0 Å². The Bertz CT molecular complexity index is 919. The molecule has 0 fully saturated rings. The van der Waals surface area contributed by atoms with Crippen molar-refractivity contribution >= 4 is 36.7 Å². The SMILES string of the molecule is CC(C)OC(=O)Oc1ccc(C[C@H](N)C(=O)O[C@H](C)[C@@H](C)OC(=O)C(C)C)cc1OC(=O)OC(C)C.Cl. The molecule has 210 valence electrons. The number of carbonyl (C=O) groups is 4. The first kappa shape index (κ1) is 34.0. The Morgan fingerprint density at radius 1 is 0.703 bits per heavy atom. The molecule has 0 unspecified atom stereocenters. The Kier molecular flexibility index (Phi) is 14.6. The Hall–Kier alpha value is -3.05. The topological polar surface area (TPSA) is 150 Å². The predicted molar refractivity (Wildman–Crippen MR) is 136 cm³/mol. The van der Waals surface area contributed by atoms with Gasteiger partial charge in [0.1, 0.15) is 18.2 Å². The van der Waals surface area contributed by atoms with E-state index < -0.39 is 54.7 Å². The quantitative estimate of drug-likeness (QED) is 0.239. The third kappa shape index (κ3) is 12.7. The summed E-state index contributed by atoms with van der Waals surface area (Å²) in [5.41, 5.74) is 6.51. The van der Waals surface area contributed by atoms with Gasteiger partial charge >= 0.3 is 24.2 Å². The van der Waals surface area contributed by atoms with Crippen LogP contribution in [0.15, 0.2) is 18.2 Å². The van der Waals surface area contributed by atoms with E-state index in [0.717, 1.165) is 0 Å². The summed E-state index contributed by atoms with van der Waals surface area (Å²) in [5.74, 6) is -1.64. The number of hydrogen-bond acceptors (Lipinski definition) is 11. The van der Waals surface area contributed by atoms with Crippen molar-refractivity contribution in [2.45, 2.75) is 92.3 Å². The molecular weight excluding hydrogens is 510 g/mol. The van der Waals surface area contributed by atoms with Crippen LogP contribution in [0.2, 0.25) is 0 Å². The second-order valence-corrected chi connectivity index (χ2v) is 9.07. The number of nitrogens with two attached hydrogens (primary N) is 1. The molecule has 0 aliphatic carbocycles. The number of ether oxygens (including phenoxy) is 6. The van der Waals surface area contributed by atoms with Crippen LogP contribution in [0.1, 0.15) is 61.0 Å². The van der Waals surface area contributed by atoms with Crippen molar-refractivity contribution in [2.24, 2.45) is 11.7 Å². The van der Waals surface area contributed by atoms with E-state index in [4.69, 9.17) is 34.2 Å². The molecule has 0 amide bonds. The van der Waals surface area contributed by atoms with Crippen LogP contribution in [-0.4, -0.2) is 54.7 Å². The normalized spacial score (nSPS) is 13.2. The highest BCUT2D eigenvalue weighted by molar-refractivity contribution is 5.85. The van der Waals surface area contributed by atoms with E-state index in [9.17, 15) is 19.2 Å². The fourth-order valence-electron chi connectivity index (χ4n) is 2.57. The molecule has 1 aromatic carbocycles. The number of rotatable bonds is 11. The molecule has 2 N–H and O–H groups in total. The summed E-state index contributed by atoms with van der Waals surface area (Å²) in [6.07, 6.45) is -4.23. The summed E-state index contributed by atoms with van der Waals surface area (Å²) in [7, 11) is 0. The number of esters is 2. The Labute approximate surface area is 223 Å². The molecule has 0 saturated carbocycles. The molecule has 0 aliphatic heterocycles. The molecule has 37 heavy (non-hydrogen) atoms. The van der Waals surface area contributed by atoms with Gasteiger partial charge in [0, 0.05) is 0 Å². The fraction of sp³-hybridized carbons (Fsp3) is 0.600. The summed E-state index contributed by atoms with van der Waals surface area (Å²) >= 11 is 0. The lowest BCUT2D eigenvalue weighted by molar-refractivity contribution is -0.168. The lowest BCUT2D eigenvalue weighted by Gasteiger charge is -2.23. The lowest BCUT2D eigenvalue weighted by Crippen LogP contribution is -2.39. The average molecular weight is 548 g/mol. The molecule has 3 atom stereocenters. The first-order valence-electron chi connectivity index (χ1n) is 11.8. The number of carbonyl (C=O) groups excluding carboxylic acids is 4. The number of halogens is 1. The van der Waals surface area contributed by atoms with E-state index in [1.54, 1.807) is 61.5 Å². The monoisotopic (exact) mass is 547 g/mol. The zero-order chi connectivity index (χ0) is 27.6. The summed E-state index contributed by atoms with van der Waals surface area (Å²) < 4.78 is 30.9. The van der Waals surface area contributed by atoms with Gasteiger partial charge in [-0.1, -0.05) is 19.9 Å². The standard InChI is InChI=1S/C25H37NO10.ClH/c1-13(2)22(27)33-16(7)17(8)34-23(28)19(26)11-18-9-10-20(35-24(29)31-14(3)4)21(12-18)36-25(30)32-15(5)6;/h9-10,12-17,19H,11,26H2,1-8H3;1H/t16-,17-,19+;/m1./s1. The van der Waals surface area contributed by atoms with Crippen molar-refractivity contribution in [1.29, 1.82) is 0 Å². The van der Waals surface area contributed by atoms with Crippen LogP contribution in [0, 0.1) is 5.92 Å². The third-order valence-electron chi connectivity index (χ3n) is 4.55. The Morgan fingerprint density at radius 3 is 1.62 bits per heavy atom. The van der Waals surface area contributed by atoms with Gasteiger partial charge < -0.3 is 34.2 Å². The van der Waals surface area contributed by atoms with Crippen molar-refractivity contribution < 1.29 is 47.6 Å². The van der Waals surface area contributed by atoms with Crippen LogP contribution >= 0.6 is 12.4 Å². The molecule has 0 spiro atoms. The molecule has 11 nitrogen and oxygen atoms in total. The van der Waals surface area contributed by atoms with Crippen LogP contribution in [-0.2, 0) is 35.0 Å². The minimum atomic E-state index is -1.08. The molecule has 0 radical (unpaired) electrons. The Morgan fingerprint density at radius 2 is 1.16 bits per heavy atom. The number of hydrogen-bond donors (Lipinski definition) is 1. The zero-order valence-electron chi connectivity index (χ0n) is 22.5. The highest BCUT2D eigenvalue weighted by Crippen LogP contribution is 2.30. The second-order valence-electron chi connectivity index (χ2n) is 9.07. The molecule has 1 rings (SSSR count). The second kappa shape index (κ2) is 15.9. The molecule has 12 heteroatoms. The van der Waals surface area contributed by atoms with Gasteiger partial charge in [-0.2, -0.15) is 0 Å². The van der Waals surface area contributed by atoms with Crippen LogP contribution in [0.3, 0.4) is 0 Å². The van der Waals surface area contributed by atoms with Gasteiger partial charge in [-0.15, -0.1) is 12.4 Å². The summed E-state index contributed by atoms with van der Waals surface area (Å²) in [6.45, 7) is 13.2. The van der Waals surface area contributed by atoms with Crippen molar-refractivity contribution in [3.05, 3.63) is 23.8 Å². The minimum Gasteiger partial charge on any atom is -0.459 e. The smallest absolute Gasteiger partial charge is 0.459 e. The molecular formula is C25H38ClNO10. The van der Waals surface area contributed by atoms with E-state index in [0.29, 0.717) is 5.56 Å². The van der Waals surface area contributed by atoms with Gasteiger partial charge in [0.15, 0.2) is 11.5 Å². The Balaban J connectivity index is 0.0000130. The van der Waals surface area contributed by atoms with Gasteiger partial charge in [-0.3, -0.25) is 9.59 Å². The maximum absolute atomic E-state index is 12.5. The van der Waals surface area contributed by atoms with Crippen LogP contribution in [0.4, 0.5) is 9.59 Å². The van der Waals surface area contributed by atoms with Crippen molar-refractivity contribution in [3.8, 4) is 11.5 Å². The highest BCUT2D eigenvalue weighted by atomic mass is 35.5. The molecule has 0 saturated heterocycles. The van der Waals surface area contributed by atoms with Gasteiger partial charge in [0.2, 0.25) is 0 Å². The summed E-state index contributed by atoms with van der Waals surface area (Å²) in [6, 6.07) is 3.24. The molecule has 0 bridgehead atoms. The van der Waals surface area contributed by atoms with Crippen LogP contribution in [0.25, 0.3) is 0 Å². The van der Waals surface area contributed by atoms with Crippen molar-refractivity contribution in [3.63, 3.8) is 0 Å². The minimum absolute atomic E-state index is 0. The van der Waals surface area contributed by atoms with Gasteiger partial charge in [0.05, 0.1) is 18.1 Å². The number of benzene rings is 1. The zero-order valence-corrected chi connectivity index (χ0v) is 23.3. The van der Waals surface area contributed by atoms with E-state index in [2.05, 4.69) is 0 Å². The van der Waals surface area contributed by atoms with E-state index in [1.165, 1.54) is 12.1 Å². The summed E-state index contributed by atoms with van der Waals surface area (Å²) in [4.78, 5) is 48.2. The first-order chi connectivity index (χ1) is 16.7. The fourth-order valence-corrected chi connectivity index (χ4v) is 2.57. The average Bonchev–Trinajstić information content (AvgIpc) is 2.73. The highest BCUT2D eigenvalue weighted by Gasteiger charge is 2.26. The molecule has 0 aliphatic rings. The predicted octanol–water partition coefficient (Wildman–Crippen LogP) is 4.35. The maximum atomic E-state index is 12.5. The van der Waals surface area contributed by atoms with Crippen LogP contribution < -0.4 is 15.2 Å². The van der Waals surface area contributed by atoms with Crippen LogP contribution in [0.5, 0.6) is 11.5 Å². The van der Waals surface area contributed by atoms with E-state index in [-0.39, 0.29) is 36.2 Å². The third-order valence-corrected chi connectivity index (χ3v) is 4.55. The molecule has 0 heterocycles. The first-order valence-corrected chi connectivity index (χ1v) is 11.8.